The first-order valence-electron chi connectivity index (χ1n) is 5.77. The summed E-state index contributed by atoms with van der Waals surface area (Å²) in [7, 11) is -0.720. The van der Waals surface area contributed by atoms with E-state index in [0.717, 1.165) is 5.56 Å². The van der Waals surface area contributed by atoms with Crippen LogP contribution in [0.5, 0.6) is 0 Å². The summed E-state index contributed by atoms with van der Waals surface area (Å²) in [5, 5.41) is 9.15. The largest absolute Gasteiger partial charge is 0.461 e. The third-order valence-electron chi connectivity index (χ3n) is 2.72. The lowest BCUT2D eigenvalue weighted by Crippen LogP contribution is -2.18. The lowest BCUT2D eigenvalue weighted by atomic mass is 9.87. The lowest BCUT2D eigenvalue weighted by Gasteiger charge is -2.10. The molecule has 0 aliphatic carbocycles. The molecule has 1 aromatic carbocycles. The molecule has 2 rings (SSSR count). The third kappa shape index (κ3) is 3.87. The molecule has 1 saturated heterocycles. The van der Waals surface area contributed by atoms with Crippen LogP contribution in [0.25, 0.3) is 0 Å². The lowest BCUT2D eigenvalue weighted by molar-refractivity contribution is -0.146. The van der Waals surface area contributed by atoms with Gasteiger partial charge in [0, 0.05) is 0 Å². The van der Waals surface area contributed by atoms with E-state index in [0.29, 0.717) is 12.7 Å². The highest BCUT2D eigenvalue weighted by molar-refractivity contribution is 6.43. The van der Waals surface area contributed by atoms with Gasteiger partial charge in [-0.2, -0.15) is 0 Å². The molecular formula is C12H15BO4. The summed E-state index contributed by atoms with van der Waals surface area (Å²) in [5.41, 5.74) is 0.966. The van der Waals surface area contributed by atoms with E-state index in [2.05, 4.69) is 0 Å². The number of carbonyl (C=O) groups excluding carboxylic acids is 1. The van der Waals surface area contributed by atoms with Crippen molar-refractivity contribution in [3.05, 3.63) is 35.9 Å². The second-order valence-corrected chi connectivity index (χ2v) is 4.14. The van der Waals surface area contributed by atoms with Gasteiger partial charge in [0.1, 0.15) is 6.61 Å². The summed E-state index contributed by atoms with van der Waals surface area (Å²) in [6, 6.07) is 9.53. The Hall–Kier alpha value is -1.33. The van der Waals surface area contributed by atoms with Gasteiger partial charge in [-0.25, -0.2) is 0 Å². The molecule has 0 spiro atoms. The van der Waals surface area contributed by atoms with Gasteiger partial charge >= 0.3 is 13.1 Å². The van der Waals surface area contributed by atoms with Gasteiger partial charge in [0.15, 0.2) is 0 Å². The normalized spacial score (nSPS) is 19.4. The summed E-state index contributed by atoms with van der Waals surface area (Å²) in [6.07, 6.45) is 1.32. The molecule has 1 atom stereocenters. The number of esters is 1. The van der Waals surface area contributed by atoms with E-state index in [-0.39, 0.29) is 25.1 Å². The van der Waals surface area contributed by atoms with Crippen LogP contribution >= 0.6 is 0 Å². The van der Waals surface area contributed by atoms with Crippen molar-refractivity contribution in [2.75, 3.05) is 0 Å². The fraction of sp³-hybridized carbons (Fsp3) is 0.417. The molecule has 1 unspecified atom stereocenters. The highest BCUT2D eigenvalue weighted by Crippen LogP contribution is 2.19. The molecule has 1 aliphatic heterocycles. The van der Waals surface area contributed by atoms with E-state index in [4.69, 9.17) is 14.4 Å². The fourth-order valence-corrected chi connectivity index (χ4v) is 1.82. The topological polar surface area (TPSA) is 55.8 Å². The molecule has 1 aromatic rings. The van der Waals surface area contributed by atoms with E-state index in [1.165, 1.54) is 0 Å². The first-order valence-corrected chi connectivity index (χ1v) is 5.77. The summed E-state index contributed by atoms with van der Waals surface area (Å²) in [5.74, 6) is -0.284. The smallest absolute Gasteiger partial charge is 0.454 e. The molecule has 5 heteroatoms. The molecular weight excluding hydrogens is 219 g/mol. The second-order valence-electron chi connectivity index (χ2n) is 4.14. The highest BCUT2D eigenvalue weighted by Gasteiger charge is 2.29. The minimum absolute atomic E-state index is 0.201. The Morgan fingerprint density at radius 2 is 2.24 bits per heavy atom. The van der Waals surface area contributed by atoms with Gasteiger partial charge in [0.05, 0.1) is 12.5 Å². The molecule has 4 nitrogen and oxygen atoms in total. The number of hydrogen-bond acceptors (Lipinski definition) is 4. The maximum Gasteiger partial charge on any atom is 0.454 e. The summed E-state index contributed by atoms with van der Waals surface area (Å²) in [6.45, 7) is 0.287. The predicted molar refractivity (Wildman–Crippen MR) is 63.1 cm³/mol. The minimum atomic E-state index is -0.720. The van der Waals surface area contributed by atoms with Crippen LogP contribution in [0, 0.1) is 0 Å². The van der Waals surface area contributed by atoms with Crippen LogP contribution in [-0.2, 0) is 20.8 Å². The van der Waals surface area contributed by atoms with Crippen LogP contribution < -0.4 is 0 Å². The quantitative estimate of drug-likeness (QED) is 0.631. The Kier molecular flexibility index (Phi) is 4.17. The van der Waals surface area contributed by atoms with Crippen LogP contribution in [0.15, 0.2) is 30.3 Å². The van der Waals surface area contributed by atoms with Crippen LogP contribution in [0.4, 0.5) is 0 Å². The van der Waals surface area contributed by atoms with Gasteiger partial charge in [0.2, 0.25) is 0 Å². The number of rotatable bonds is 4. The molecule has 0 radical (unpaired) electrons. The Morgan fingerprint density at radius 3 is 2.88 bits per heavy atom. The summed E-state index contributed by atoms with van der Waals surface area (Å²) in [4.78, 5) is 11.5. The second kappa shape index (κ2) is 5.84. The van der Waals surface area contributed by atoms with Gasteiger partial charge in [-0.05, 0) is 18.3 Å². The van der Waals surface area contributed by atoms with Crippen molar-refractivity contribution in [1.29, 1.82) is 0 Å². The third-order valence-corrected chi connectivity index (χ3v) is 2.72. The Bertz CT molecular complexity index is 368. The average molecular weight is 234 g/mol. The van der Waals surface area contributed by atoms with E-state index in [1.54, 1.807) is 0 Å². The zero-order chi connectivity index (χ0) is 12.1. The van der Waals surface area contributed by atoms with Gasteiger partial charge in [-0.1, -0.05) is 30.3 Å². The predicted octanol–water partition coefficient (Wildman–Crippen LogP) is 1.39. The zero-order valence-electron chi connectivity index (χ0n) is 9.54. The van der Waals surface area contributed by atoms with Crippen molar-refractivity contribution < 1.29 is 19.2 Å². The van der Waals surface area contributed by atoms with Crippen molar-refractivity contribution in [1.82, 2.24) is 0 Å². The molecule has 1 fully saturated rings. The Morgan fingerprint density at radius 1 is 1.47 bits per heavy atom. The van der Waals surface area contributed by atoms with Crippen molar-refractivity contribution in [2.24, 2.45) is 0 Å². The van der Waals surface area contributed by atoms with E-state index >= 15 is 0 Å². The first kappa shape index (κ1) is 12.1. The molecule has 0 amide bonds. The molecule has 0 bridgehead atoms. The van der Waals surface area contributed by atoms with Gasteiger partial charge in [0.25, 0.3) is 0 Å². The average Bonchev–Trinajstić information content (AvgIpc) is 2.73. The molecule has 1 heterocycles. The van der Waals surface area contributed by atoms with E-state index in [1.807, 2.05) is 30.3 Å². The number of carbonyl (C=O) groups is 1. The van der Waals surface area contributed by atoms with Gasteiger partial charge in [-0.3, -0.25) is 4.79 Å². The van der Waals surface area contributed by atoms with Crippen molar-refractivity contribution in [3.8, 4) is 0 Å². The zero-order valence-corrected chi connectivity index (χ0v) is 9.54. The van der Waals surface area contributed by atoms with Crippen LogP contribution in [0.3, 0.4) is 0 Å². The maximum atomic E-state index is 11.5. The molecule has 17 heavy (non-hydrogen) atoms. The first-order chi connectivity index (χ1) is 8.24. The monoisotopic (exact) mass is 234 g/mol. The van der Waals surface area contributed by atoms with Crippen molar-refractivity contribution in [2.45, 2.75) is 31.9 Å². The van der Waals surface area contributed by atoms with Gasteiger partial charge in [-0.15, -0.1) is 0 Å². The molecule has 1 aliphatic rings. The fourth-order valence-electron chi connectivity index (χ4n) is 1.82. The number of hydrogen-bond donors (Lipinski definition) is 1. The van der Waals surface area contributed by atoms with Gasteiger partial charge < -0.3 is 14.4 Å². The summed E-state index contributed by atoms with van der Waals surface area (Å²) >= 11 is 0. The number of ether oxygens (including phenoxy) is 1. The molecule has 0 saturated carbocycles. The van der Waals surface area contributed by atoms with E-state index < -0.39 is 7.12 Å². The number of benzene rings is 1. The van der Waals surface area contributed by atoms with Crippen molar-refractivity contribution >= 4 is 13.1 Å². The Balaban J connectivity index is 1.71. The van der Waals surface area contributed by atoms with Crippen LogP contribution in [0.2, 0.25) is 6.32 Å². The van der Waals surface area contributed by atoms with Crippen LogP contribution in [-0.4, -0.2) is 24.2 Å². The summed E-state index contributed by atoms with van der Waals surface area (Å²) < 4.78 is 10.3. The molecule has 1 N–H and O–H groups in total. The molecule has 90 valence electrons. The standard InChI is InChI=1S/C12H15BO4/c14-12(8-11-6-7-13(15)17-11)16-9-10-4-2-1-3-5-10/h1-5,11,15H,6-9H2. The van der Waals surface area contributed by atoms with Crippen molar-refractivity contribution in [3.63, 3.8) is 0 Å². The molecule has 0 aromatic heterocycles. The maximum absolute atomic E-state index is 11.5. The SMILES string of the molecule is O=C(CC1CCB(O)O1)OCc1ccccc1. The minimum Gasteiger partial charge on any atom is -0.461 e. The van der Waals surface area contributed by atoms with Crippen LogP contribution in [0.1, 0.15) is 18.4 Å². The highest BCUT2D eigenvalue weighted by atomic mass is 16.5. The Labute approximate surface area is 101 Å². The van der Waals surface area contributed by atoms with E-state index in [9.17, 15) is 4.79 Å².